The van der Waals surface area contributed by atoms with Crippen molar-refractivity contribution in [2.45, 2.75) is 51.1 Å². The molecule has 1 N–H and O–H groups in total. The van der Waals surface area contributed by atoms with Crippen LogP contribution < -0.4 is 14.4 Å². The van der Waals surface area contributed by atoms with Crippen molar-refractivity contribution in [1.82, 2.24) is 10.2 Å². The molecule has 0 saturated heterocycles. The number of halogens is 2. The van der Waals surface area contributed by atoms with Crippen LogP contribution in [0.4, 0.5) is 5.69 Å². The molecule has 0 unspecified atom stereocenters. The summed E-state index contributed by atoms with van der Waals surface area (Å²) in [5.41, 5.74) is 0.720. The summed E-state index contributed by atoms with van der Waals surface area (Å²) in [5.74, 6) is -0.409. The van der Waals surface area contributed by atoms with Crippen molar-refractivity contribution < 1.29 is 22.7 Å². The number of nitrogens with one attached hydrogen (secondary N) is 1. The van der Waals surface area contributed by atoms with Crippen molar-refractivity contribution >= 4 is 50.7 Å². The lowest BCUT2D eigenvalue weighted by Crippen LogP contribution is -2.51. The van der Waals surface area contributed by atoms with E-state index in [1.807, 2.05) is 13.8 Å². The Morgan fingerprint density at radius 1 is 0.927 bits per heavy atom. The highest BCUT2D eigenvalue weighted by Gasteiger charge is 2.33. The minimum Gasteiger partial charge on any atom is -0.494 e. The van der Waals surface area contributed by atoms with Crippen LogP contribution in [0.15, 0.2) is 77.7 Å². The van der Waals surface area contributed by atoms with Gasteiger partial charge in [-0.05, 0) is 68.8 Å². The number of hydrogen-bond donors (Lipinski definition) is 1. The van der Waals surface area contributed by atoms with Gasteiger partial charge in [0.2, 0.25) is 11.8 Å². The Bertz CT molecular complexity index is 1400. The summed E-state index contributed by atoms with van der Waals surface area (Å²) in [6.07, 6.45) is 1.67. The van der Waals surface area contributed by atoms with E-state index in [2.05, 4.69) is 5.32 Å². The number of anilines is 1. The molecule has 0 spiro atoms. The summed E-state index contributed by atoms with van der Waals surface area (Å²) in [5, 5.41) is 3.50. The van der Waals surface area contributed by atoms with E-state index in [-0.39, 0.29) is 23.0 Å². The van der Waals surface area contributed by atoms with E-state index >= 15 is 0 Å². The topological polar surface area (TPSA) is 96.0 Å². The zero-order valence-corrected chi connectivity index (χ0v) is 25.7. The molecule has 3 aromatic rings. The van der Waals surface area contributed by atoms with Gasteiger partial charge in [0.25, 0.3) is 10.0 Å². The Hall–Kier alpha value is -3.27. The van der Waals surface area contributed by atoms with E-state index in [9.17, 15) is 18.0 Å². The molecular formula is C30H35Cl2N3O5S. The molecule has 0 aliphatic heterocycles. The molecule has 0 saturated carbocycles. The van der Waals surface area contributed by atoms with Gasteiger partial charge in [0.1, 0.15) is 18.3 Å². The number of sulfonamides is 1. The van der Waals surface area contributed by atoms with Crippen molar-refractivity contribution in [3.63, 3.8) is 0 Å². The minimum atomic E-state index is -4.17. The average molecular weight is 621 g/mol. The lowest BCUT2D eigenvalue weighted by molar-refractivity contribution is -0.139. The SMILES string of the molecule is CCCCNC(=O)[C@H](C)N(Cc1c(Cl)cccc1Cl)C(=O)CN(c1ccc(OCC)cc1)S(=O)(=O)c1ccccc1. The Morgan fingerprint density at radius 2 is 1.56 bits per heavy atom. The van der Waals surface area contributed by atoms with Gasteiger partial charge in [-0.3, -0.25) is 13.9 Å². The third kappa shape index (κ3) is 8.38. The molecule has 0 heterocycles. The fourth-order valence-electron chi connectivity index (χ4n) is 4.10. The number of ether oxygens (including phenoxy) is 1. The van der Waals surface area contributed by atoms with Crippen LogP contribution in [0, 0.1) is 0 Å². The largest absolute Gasteiger partial charge is 0.494 e. The van der Waals surface area contributed by atoms with Gasteiger partial charge in [-0.15, -0.1) is 0 Å². The molecule has 41 heavy (non-hydrogen) atoms. The highest BCUT2D eigenvalue weighted by molar-refractivity contribution is 7.92. The number of benzene rings is 3. The first-order chi connectivity index (χ1) is 19.6. The number of hydrogen-bond acceptors (Lipinski definition) is 5. The second kappa shape index (κ2) is 15.1. The molecule has 0 radical (unpaired) electrons. The summed E-state index contributed by atoms with van der Waals surface area (Å²) in [7, 11) is -4.17. The van der Waals surface area contributed by atoms with Crippen LogP contribution in [-0.4, -0.2) is 50.9 Å². The fourth-order valence-corrected chi connectivity index (χ4v) is 6.05. The molecule has 3 aromatic carbocycles. The number of carbonyl (C=O) groups is 2. The van der Waals surface area contributed by atoms with Crippen LogP contribution in [0.3, 0.4) is 0 Å². The molecular weight excluding hydrogens is 585 g/mol. The summed E-state index contributed by atoms with van der Waals surface area (Å²) >= 11 is 12.8. The molecule has 11 heteroatoms. The van der Waals surface area contributed by atoms with Crippen LogP contribution in [0.2, 0.25) is 10.0 Å². The predicted octanol–water partition coefficient (Wildman–Crippen LogP) is 5.92. The summed E-state index contributed by atoms with van der Waals surface area (Å²) in [4.78, 5) is 28.4. The zero-order valence-electron chi connectivity index (χ0n) is 23.3. The van der Waals surface area contributed by atoms with E-state index in [4.69, 9.17) is 27.9 Å². The number of carbonyl (C=O) groups excluding carboxylic acids is 2. The number of rotatable bonds is 14. The Balaban J connectivity index is 2.03. The van der Waals surface area contributed by atoms with Gasteiger partial charge in [-0.2, -0.15) is 0 Å². The van der Waals surface area contributed by atoms with Gasteiger partial charge in [-0.25, -0.2) is 8.42 Å². The second-order valence-electron chi connectivity index (χ2n) is 9.29. The molecule has 0 fully saturated rings. The summed E-state index contributed by atoms with van der Waals surface area (Å²) in [6, 6.07) is 18.3. The number of amides is 2. The lowest BCUT2D eigenvalue weighted by atomic mass is 10.1. The van der Waals surface area contributed by atoms with E-state index in [1.165, 1.54) is 17.0 Å². The molecule has 3 rings (SSSR count). The first kappa shape index (κ1) is 32.2. The highest BCUT2D eigenvalue weighted by atomic mass is 35.5. The third-order valence-electron chi connectivity index (χ3n) is 6.43. The third-order valence-corrected chi connectivity index (χ3v) is 8.93. The molecule has 2 amide bonds. The van der Waals surface area contributed by atoms with Gasteiger partial charge < -0.3 is 15.0 Å². The van der Waals surface area contributed by atoms with Crippen LogP contribution in [0.1, 0.15) is 39.2 Å². The second-order valence-corrected chi connectivity index (χ2v) is 12.0. The smallest absolute Gasteiger partial charge is 0.264 e. The van der Waals surface area contributed by atoms with Crippen molar-refractivity contribution in [2.75, 3.05) is 24.0 Å². The van der Waals surface area contributed by atoms with E-state index in [0.29, 0.717) is 34.5 Å². The predicted molar refractivity (Wildman–Crippen MR) is 163 cm³/mol. The van der Waals surface area contributed by atoms with Gasteiger partial charge in [0.15, 0.2) is 0 Å². The Kier molecular flexibility index (Phi) is 11.9. The van der Waals surface area contributed by atoms with Crippen molar-refractivity contribution in [3.8, 4) is 5.75 Å². The van der Waals surface area contributed by atoms with E-state index < -0.39 is 28.5 Å². The van der Waals surface area contributed by atoms with E-state index in [1.54, 1.807) is 67.6 Å². The standard InChI is InChI=1S/C30H35Cl2N3O5S/c1-4-6-19-33-30(37)22(3)34(20-26-27(31)13-10-14-28(26)32)29(36)21-35(23-15-17-24(18-16-23)40-5-2)41(38,39)25-11-8-7-9-12-25/h7-18,22H,4-6,19-21H2,1-3H3,(H,33,37)/t22-/m0/s1. The van der Waals surface area contributed by atoms with Crippen LogP contribution in [0.5, 0.6) is 5.75 Å². The van der Waals surface area contributed by atoms with Crippen LogP contribution in [0.25, 0.3) is 0 Å². The van der Waals surface area contributed by atoms with Crippen molar-refractivity contribution in [1.29, 1.82) is 0 Å². The lowest BCUT2D eigenvalue weighted by Gasteiger charge is -2.32. The monoisotopic (exact) mass is 619 g/mol. The normalized spacial score (nSPS) is 11.9. The Labute approximate surface area is 252 Å². The minimum absolute atomic E-state index is 0.0211. The van der Waals surface area contributed by atoms with E-state index in [0.717, 1.165) is 17.1 Å². The van der Waals surface area contributed by atoms with Crippen molar-refractivity contribution in [3.05, 3.63) is 88.4 Å². The molecule has 0 aliphatic rings. The quantitative estimate of drug-likeness (QED) is 0.226. The maximum atomic E-state index is 14.0. The summed E-state index contributed by atoms with van der Waals surface area (Å²) in [6.45, 7) is 5.68. The summed E-state index contributed by atoms with van der Waals surface area (Å²) < 4.78 is 34.2. The average Bonchev–Trinajstić information content (AvgIpc) is 2.96. The number of nitrogens with zero attached hydrogens (tertiary/aromatic N) is 2. The maximum absolute atomic E-state index is 14.0. The molecule has 0 aromatic heterocycles. The van der Waals surface area contributed by atoms with Crippen LogP contribution >= 0.6 is 23.2 Å². The van der Waals surface area contributed by atoms with Crippen molar-refractivity contribution in [2.24, 2.45) is 0 Å². The molecule has 1 atom stereocenters. The van der Waals surface area contributed by atoms with Gasteiger partial charge >= 0.3 is 0 Å². The molecule has 220 valence electrons. The van der Waals surface area contributed by atoms with Gasteiger partial charge in [-0.1, -0.05) is 60.8 Å². The van der Waals surface area contributed by atoms with Gasteiger partial charge in [0, 0.05) is 28.7 Å². The maximum Gasteiger partial charge on any atom is 0.264 e. The molecule has 0 aliphatic carbocycles. The van der Waals surface area contributed by atoms with Crippen LogP contribution in [-0.2, 0) is 26.2 Å². The molecule has 0 bridgehead atoms. The molecule has 8 nitrogen and oxygen atoms in total. The Morgan fingerprint density at radius 3 is 2.15 bits per heavy atom. The number of unbranched alkanes of at least 4 members (excludes halogenated alkanes) is 1. The first-order valence-electron chi connectivity index (χ1n) is 13.4. The highest BCUT2D eigenvalue weighted by Crippen LogP contribution is 2.29. The first-order valence-corrected chi connectivity index (χ1v) is 15.6. The zero-order chi connectivity index (χ0) is 30.0. The van der Waals surface area contributed by atoms with Gasteiger partial charge in [0.05, 0.1) is 17.2 Å². The fraction of sp³-hybridized carbons (Fsp3) is 0.333.